The summed E-state index contributed by atoms with van der Waals surface area (Å²) in [6, 6.07) is 3.67. The zero-order chi connectivity index (χ0) is 17.6. The van der Waals surface area contributed by atoms with Crippen molar-refractivity contribution in [2.75, 3.05) is 44.7 Å². The third kappa shape index (κ3) is 4.35. The normalized spacial score (nSPS) is 22.8. The summed E-state index contributed by atoms with van der Waals surface area (Å²) in [6.45, 7) is 5.74. The molecule has 3 rings (SSSR count). The molecule has 2 aliphatic heterocycles. The van der Waals surface area contributed by atoms with Crippen molar-refractivity contribution in [3.05, 3.63) is 17.7 Å². The van der Waals surface area contributed by atoms with E-state index in [9.17, 15) is 9.90 Å². The third-order valence-electron chi connectivity index (χ3n) is 4.59. The molecular weight excluding hydrogens is 322 g/mol. The van der Waals surface area contributed by atoms with Crippen molar-refractivity contribution in [2.24, 2.45) is 5.92 Å². The predicted octanol–water partition coefficient (Wildman–Crippen LogP) is 0.980. The van der Waals surface area contributed by atoms with Gasteiger partial charge in [0.2, 0.25) is 0 Å². The SMILES string of the molecule is CCNc1cc2c(c(C(=O)NC[C@@H]3CCNC[C@H]3O)c1)OCCCO2. The van der Waals surface area contributed by atoms with Crippen molar-refractivity contribution in [2.45, 2.75) is 25.9 Å². The Bertz CT molecular complexity index is 608. The van der Waals surface area contributed by atoms with Gasteiger partial charge in [0.05, 0.1) is 24.9 Å². The number of β-amino-alcohol motifs (C(OH)–C–C–N with tert-alkyl or cyclic N) is 1. The highest BCUT2D eigenvalue weighted by atomic mass is 16.5. The highest BCUT2D eigenvalue weighted by Gasteiger charge is 2.25. The van der Waals surface area contributed by atoms with Gasteiger partial charge in [-0.15, -0.1) is 0 Å². The van der Waals surface area contributed by atoms with Gasteiger partial charge in [-0.2, -0.15) is 0 Å². The molecule has 4 N–H and O–H groups in total. The number of amides is 1. The molecule has 0 aromatic heterocycles. The molecule has 2 heterocycles. The lowest BCUT2D eigenvalue weighted by atomic mass is 9.95. The number of anilines is 1. The van der Waals surface area contributed by atoms with Crippen molar-refractivity contribution in [3.63, 3.8) is 0 Å². The number of rotatable bonds is 5. The van der Waals surface area contributed by atoms with Gasteiger partial charge in [0.15, 0.2) is 11.5 Å². The van der Waals surface area contributed by atoms with Gasteiger partial charge in [0.25, 0.3) is 5.91 Å². The topological polar surface area (TPSA) is 91.9 Å². The maximum Gasteiger partial charge on any atom is 0.255 e. The van der Waals surface area contributed by atoms with Crippen molar-refractivity contribution >= 4 is 11.6 Å². The zero-order valence-corrected chi connectivity index (χ0v) is 14.6. The number of aliphatic hydroxyl groups excluding tert-OH is 1. The number of ether oxygens (including phenoxy) is 2. The Morgan fingerprint density at radius 3 is 3.00 bits per heavy atom. The fraction of sp³-hybridized carbons (Fsp3) is 0.611. The molecule has 7 heteroatoms. The number of nitrogens with one attached hydrogen (secondary N) is 3. The fourth-order valence-electron chi connectivity index (χ4n) is 3.20. The molecule has 1 aromatic rings. The molecule has 0 unspecified atom stereocenters. The van der Waals surface area contributed by atoms with E-state index in [4.69, 9.17) is 9.47 Å². The van der Waals surface area contributed by atoms with Crippen LogP contribution < -0.4 is 25.4 Å². The number of aliphatic hydroxyl groups is 1. The van der Waals surface area contributed by atoms with Crippen molar-refractivity contribution in [1.82, 2.24) is 10.6 Å². The second-order valence-corrected chi connectivity index (χ2v) is 6.46. The Hall–Kier alpha value is -1.99. The van der Waals surface area contributed by atoms with Gasteiger partial charge in [0, 0.05) is 43.7 Å². The van der Waals surface area contributed by atoms with Crippen LogP contribution in [0.15, 0.2) is 12.1 Å². The molecule has 0 saturated carbocycles. The molecule has 0 bridgehead atoms. The standard InChI is InChI=1S/C18H27N3O4/c1-2-20-13-8-14(17-16(9-13)24-6-3-7-25-17)18(23)21-10-12-4-5-19-11-15(12)22/h8-9,12,15,19-20,22H,2-7,10-11H2,1H3,(H,21,23)/t12-,15+/m0/s1. The molecule has 2 aliphatic rings. The summed E-state index contributed by atoms with van der Waals surface area (Å²) >= 11 is 0. The summed E-state index contributed by atoms with van der Waals surface area (Å²) in [5.41, 5.74) is 1.30. The molecule has 0 spiro atoms. The Morgan fingerprint density at radius 1 is 1.36 bits per heavy atom. The lowest BCUT2D eigenvalue weighted by Crippen LogP contribution is -2.45. The van der Waals surface area contributed by atoms with Crippen molar-refractivity contribution < 1.29 is 19.4 Å². The number of fused-ring (bicyclic) bond motifs is 1. The van der Waals surface area contributed by atoms with E-state index >= 15 is 0 Å². The fourth-order valence-corrected chi connectivity index (χ4v) is 3.20. The average molecular weight is 349 g/mol. The lowest BCUT2D eigenvalue weighted by Gasteiger charge is -2.28. The van der Waals surface area contributed by atoms with Gasteiger partial charge in [-0.1, -0.05) is 0 Å². The molecule has 2 atom stereocenters. The first kappa shape index (κ1) is 17.8. The van der Waals surface area contributed by atoms with Crippen LogP contribution >= 0.6 is 0 Å². The second-order valence-electron chi connectivity index (χ2n) is 6.46. The second kappa shape index (κ2) is 8.40. The Kier molecular flexibility index (Phi) is 5.99. The molecule has 7 nitrogen and oxygen atoms in total. The van der Waals surface area contributed by atoms with Crippen LogP contribution in [0, 0.1) is 5.92 Å². The zero-order valence-electron chi connectivity index (χ0n) is 14.6. The van der Waals surface area contributed by atoms with E-state index in [0.29, 0.717) is 43.4 Å². The number of carbonyl (C=O) groups excluding carboxylic acids is 1. The minimum absolute atomic E-state index is 0.0675. The molecular formula is C18H27N3O4. The molecule has 25 heavy (non-hydrogen) atoms. The Labute approximate surface area is 148 Å². The largest absolute Gasteiger partial charge is 0.489 e. The van der Waals surface area contributed by atoms with Crippen LogP contribution in [0.5, 0.6) is 11.5 Å². The molecule has 138 valence electrons. The van der Waals surface area contributed by atoms with Crippen LogP contribution in [0.4, 0.5) is 5.69 Å². The summed E-state index contributed by atoms with van der Waals surface area (Å²) in [5.74, 6) is 0.968. The number of carbonyl (C=O) groups is 1. The Balaban J connectivity index is 1.76. The molecule has 1 fully saturated rings. The van der Waals surface area contributed by atoms with Crippen molar-refractivity contribution in [1.29, 1.82) is 0 Å². The van der Waals surface area contributed by atoms with E-state index in [1.54, 1.807) is 6.07 Å². The first-order chi connectivity index (χ1) is 12.2. The molecule has 1 aromatic carbocycles. The average Bonchev–Trinajstić information content (AvgIpc) is 2.86. The van der Waals surface area contributed by atoms with E-state index in [-0.39, 0.29) is 11.8 Å². The van der Waals surface area contributed by atoms with E-state index in [1.807, 2.05) is 13.0 Å². The number of piperidine rings is 1. The lowest BCUT2D eigenvalue weighted by molar-refractivity contribution is 0.0752. The van der Waals surface area contributed by atoms with E-state index in [1.165, 1.54) is 0 Å². The smallest absolute Gasteiger partial charge is 0.255 e. The summed E-state index contributed by atoms with van der Waals surface area (Å²) in [6.07, 6.45) is 1.20. The van der Waals surface area contributed by atoms with Crippen LogP contribution in [-0.2, 0) is 0 Å². The highest BCUT2D eigenvalue weighted by Crippen LogP contribution is 2.36. The summed E-state index contributed by atoms with van der Waals surface area (Å²) in [7, 11) is 0. The van der Waals surface area contributed by atoms with Gasteiger partial charge in [-0.05, 0) is 26.0 Å². The number of benzene rings is 1. The van der Waals surface area contributed by atoms with E-state index in [2.05, 4.69) is 16.0 Å². The molecule has 0 radical (unpaired) electrons. The van der Waals surface area contributed by atoms with Gasteiger partial charge < -0.3 is 30.5 Å². The number of hydrogen-bond donors (Lipinski definition) is 4. The first-order valence-corrected chi connectivity index (χ1v) is 9.03. The van der Waals surface area contributed by atoms with Crippen LogP contribution in [0.2, 0.25) is 0 Å². The summed E-state index contributed by atoms with van der Waals surface area (Å²) < 4.78 is 11.5. The maximum atomic E-state index is 12.8. The van der Waals surface area contributed by atoms with Crippen LogP contribution in [0.1, 0.15) is 30.1 Å². The molecule has 1 saturated heterocycles. The van der Waals surface area contributed by atoms with Crippen LogP contribution in [-0.4, -0.2) is 56.5 Å². The quantitative estimate of drug-likeness (QED) is 0.633. The van der Waals surface area contributed by atoms with Crippen LogP contribution in [0.3, 0.4) is 0 Å². The minimum Gasteiger partial charge on any atom is -0.489 e. The predicted molar refractivity (Wildman–Crippen MR) is 95.5 cm³/mol. The molecule has 0 aliphatic carbocycles. The third-order valence-corrected chi connectivity index (χ3v) is 4.59. The maximum absolute atomic E-state index is 12.8. The molecule has 1 amide bonds. The minimum atomic E-state index is -0.432. The number of hydrogen-bond acceptors (Lipinski definition) is 6. The van der Waals surface area contributed by atoms with Gasteiger partial charge in [0.1, 0.15) is 0 Å². The van der Waals surface area contributed by atoms with Gasteiger partial charge in [-0.3, -0.25) is 4.79 Å². The highest BCUT2D eigenvalue weighted by molar-refractivity contribution is 5.99. The van der Waals surface area contributed by atoms with Crippen molar-refractivity contribution in [3.8, 4) is 11.5 Å². The van der Waals surface area contributed by atoms with Gasteiger partial charge >= 0.3 is 0 Å². The van der Waals surface area contributed by atoms with Gasteiger partial charge in [-0.25, -0.2) is 0 Å². The summed E-state index contributed by atoms with van der Waals surface area (Å²) in [5, 5.41) is 19.3. The summed E-state index contributed by atoms with van der Waals surface area (Å²) in [4.78, 5) is 12.8. The van der Waals surface area contributed by atoms with E-state index in [0.717, 1.165) is 31.6 Å². The van der Waals surface area contributed by atoms with E-state index < -0.39 is 6.10 Å². The Morgan fingerprint density at radius 2 is 2.20 bits per heavy atom. The van der Waals surface area contributed by atoms with Crippen LogP contribution in [0.25, 0.3) is 0 Å². The first-order valence-electron chi connectivity index (χ1n) is 9.03. The monoisotopic (exact) mass is 349 g/mol.